The summed E-state index contributed by atoms with van der Waals surface area (Å²) in [5.41, 5.74) is 0. The van der Waals surface area contributed by atoms with Gasteiger partial charge in [-0.1, -0.05) is 20.8 Å². The van der Waals surface area contributed by atoms with E-state index in [0.29, 0.717) is 4.90 Å². The Labute approximate surface area is 96.2 Å². The summed E-state index contributed by atoms with van der Waals surface area (Å²) >= 11 is 0. The summed E-state index contributed by atoms with van der Waals surface area (Å²) in [7, 11) is -1.12. The molecule has 0 fully saturated rings. The van der Waals surface area contributed by atoms with Gasteiger partial charge in [-0.3, -0.25) is 0 Å². The molecule has 0 saturated carbocycles. The second kappa shape index (κ2) is 5.61. The van der Waals surface area contributed by atoms with Gasteiger partial charge in [0.05, 0.1) is 6.20 Å². The Bertz CT molecular complexity index is 318. The zero-order chi connectivity index (χ0) is 13.0. The molecule has 0 aliphatic heterocycles. The molecule has 1 aromatic rings. The van der Waals surface area contributed by atoms with E-state index in [4.69, 9.17) is 0 Å². The topological polar surface area (TPSA) is 17.8 Å². The predicted octanol–water partition coefficient (Wildman–Crippen LogP) is 3.83. The molecule has 0 bridgehead atoms. The maximum Gasteiger partial charge on any atom is 0.504 e. The zero-order valence-electron chi connectivity index (χ0n) is 10.3. The standard InChI is InChI=1S/C8H13F3N2S.C2H6/c1-4-14(2,3)7-5-12-13(6-7)8(9,10)11;1-2/h5-6H,4H2,1-3H3;1-2H3. The Kier molecular flexibility index (Phi) is 5.38. The third-order valence-corrected chi connectivity index (χ3v) is 5.11. The fourth-order valence-electron chi connectivity index (χ4n) is 0.897. The van der Waals surface area contributed by atoms with E-state index in [2.05, 4.69) is 5.10 Å². The van der Waals surface area contributed by atoms with Crippen molar-refractivity contribution in [2.45, 2.75) is 32.0 Å². The van der Waals surface area contributed by atoms with Crippen LogP contribution >= 0.6 is 10.0 Å². The Morgan fingerprint density at radius 3 is 2.12 bits per heavy atom. The first-order valence-corrected chi connectivity index (χ1v) is 7.72. The smallest absolute Gasteiger partial charge is 0.218 e. The Morgan fingerprint density at radius 1 is 1.31 bits per heavy atom. The lowest BCUT2D eigenvalue weighted by atomic mass is 10.7. The van der Waals surface area contributed by atoms with Crippen molar-refractivity contribution in [2.75, 3.05) is 18.3 Å². The van der Waals surface area contributed by atoms with Gasteiger partial charge in [-0.2, -0.15) is 9.78 Å². The van der Waals surface area contributed by atoms with Crippen LogP contribution in [0.25, 0.3) is 0 Å². The summed E-state index contributed by atoms with van der Waals surface area (Å²) in [6.07, 6.45) is 1.95. The van der Waals surface area contributed by atoms with Crippen LogP contribution in [0.2, 0.25) is 0 Å². The Morgan fingerprint density at radius 2 is 1.81 bits per heavy atom. The highest BCUT2D eigenvalue weighted by Gasteiger charge is 2.32. The van der Waals surface area contributed by atoms with E-state index >= 15 is 0 Å². The van der Waals surface area contributed by atoms with Gasteiger partial charge in [-0.05, 0) is 18.3 Å². The molecular weight excluding hydrogens is 237 g/mol. The number of alkyl halides is 3. The van der Waals surface area contributed by atoms with Gasteiger partial charge in [0.15, 0.2) is 0 Å². The minimum Gasteiger partial charge on any atom is -0.218 e. The molecule has 1 aromatic heterocycles. The average molecular weight is 256 g/mol. The molecule has 0 aromatic carbocycles. The van der Waals surface area contributed by atoms with Crippen molar-refractivity contribution in [3.63, 3.8) is 0 Å². The largest absolute Gasteiger partial charge is 0.504 e. The van der Waals surface area contributed by atoms with E-state index < -0.39 is 16.3 Å². The van der Waals surface area contributed by atoms with Gasteiger partial charge in [0.1, 0.15) is 0 Å². The molecule has 16 heavy (non-hydrogen) atoms. The van der Waals surface area contributed by atoms with E-state index in [1.807, 2.05) is 33.3 Å². The van der Waals surface area contributed by atoms with Crippen molar-refractivity contribution in [1.29, 1.82) is 0 Å². The lowest BCUT2D eigenvalue weighted by Gasteiger charge is -2.27. The van der Waals surface area contributed by atoms with Crippen LogP contribution in [0.1, 0.15) is 20.8 Å². The molecular formula is C10H19F3N2S. The normalized spacial score (nSPS) is 13.0. The van der Waals surface area contributed by atoms with Crippen LogP contribution in [-0.4, -0.2) is 28.0 Å². The summed E-state index contributed by atoms with van der Waals surface area (Å²) in [6, 6.07) is 0. The number of rotatable bonds is 2. The zero-order valence-corrected chi connectivity index (χ0v) is 11.1. The molecule has 0 unspecified atom stereocenters. The number of halogens is 3. The maximum atomic E-state index is 12.2. The van der Waals surface area contributed by atoms with Gasteiger partial charge < -0.3 is 0 Å². The van der Waals surface area contributed by atoms with Crippen LogP contribution < -0.4 is 0 Å². The van der Waals surface area contributed by atoms with Crippen LogP contribution in [0, 0.1) is 0 Å². The van der Waals surface area contributed by atoms with Crippen molar-refractivity contribution in [3.8, 4) is 0 Å². The molecule has 0 atom stereocenters. The SMILES string of the molecule is CC.CCS(C)(C)c1cnn(C(F)(F)F)c1. The van der Waals surface area contributed by atoms with Crippen LogP contribution in [0.5, 0.6) is 0 Å². The van der Waals surface area contributed by atoms with Crippen molar-refractivity contribution in [2.24, 2.45) is 0 Å². The lowest BCUT2D eigenvalue weighted by Crippen LogP contribution is -2.16. The first-order valence-electron chi connectivity index (χ1n) is 5.10. The molecule has 6 heteroatoms. The first kappa shape index (κ1) is 15.3. The van der Waals surface area contributed by atoms with E-state index in [0.717, 1.165) is 11.9 Å². The highest BCUT2D eigenvalue weighted by molar-refractivity contribution is 8.32. The summed E-state index contributed by atoms with van der Waals surface area (Å²) in [4.78, 5) is 0.692. The Hall–Kier alpha value is -0.650. The van der Waals surface area contributed by atoms with E-state index in [1.165, 1.54) is 6.20 Å². The molecule has 0 aliphatic rings. The molecule has 0 radical (unpaired) electrons. The van der Waals surface area contributed by atoms with Gasteiger partial charge in [-0.25, -0.2) is 10.0 Å². The monoisotopic (exact) mass is 256 g/mol. The highest BCUT2D eigenvalue weighted by Crippen LogP contribution is 2.48. The lowest BCUT2D eigenvalue weighted by molar-refractivity contribution is -0.212. The van der Waals surface area contributed by atoms with Crippen molar-refractivity contribution < 1.29 is 13.2 Å². The molecule has 0 amide bonds. The summed E-state index contributed by atoms with van der Waals surface area (Å²) in [6.45, 7) is 5.97. The van der Waals surface area contributed by atoms with E-state index in [1.54, 1.807) is 0 Å². The number of hydrogen-bond donors (Lipinski definition) is 0. The molecule has 0 aliphatic carbocycles. The van der Waals surface area contributed by atoms with Crippen LogP contribution in [0.3, 0.4) is 0 Å². The van der Waals surface area contributed by atoms with Crippen molar-refractivity contribution in [3.05, 3.63) is 12.4 Å². The van der Waals surface area contributed by atoms with Crippen molar-refractivity contribution in [1.82, 2.24) is 9.78 Å². The molecule has 0 saturated heterocycles. The Balaban J connectivity index is 0.00000106. The fourth-order valence-corrected chi connectivity index (χ4v) is 1.95. The van der Waals surface area contributed by atoms with E-state index in [-0.39, 0.29) is 4.68 Å². The number of nitrogens with zero attached hydrogens (tertiary/aromatic N) is 2. The third kappa shape index (κ3) is 3.73. The molecule has 96 valence electrons. The van der Waals surface area contributed by atoms with Crippen LogP contribution in [0.15, 0.2) is 17.3 Å². The van der Waals surface area contributed by atoms with Gasteiger partial charge in [-0.15, -0.1) is 13.2 Å². The average Bonchev–Trinajstić information content (AvgIpc) is 2.69. The molecule has 1 rings (SSSR count). The molecule has 0 spiro atoms. The number of aromatic nitrogens is 2. The second-order valence-corrected chi connectivity index (χ2v) is 7.54. The second-order valence-electron chi connectivity index (χ2n) is 3.42. The van der Waals surface area contributed by atoms with Crippen molar-refractivity contribution >= 4 is 10.0 Å². The minimum atomic E-state index is -4.40. The van der Waals surface area contributed by atoms with Gasteiger partial charge in [0, 0.05) is 11.1 Å². The molecule has 2 nitrogen and oxygen atoms in total. The molecule has 1 heterocycles. The predicted molar refractivity (Wildman–Crippen MR) is 63.1 cm³/mol. The molecule has 0 N–H and O–H groups in total. The first-order chi connectivity index (χ1) is 7.27. The minimum absolute atomic E-state index is 0.0622. The van der Waals surface area contributed by atoms with Gasteiger partial charge >= 0.3 is 6.30 Å². The quantitative estimate of drug-likeness (QED) is 0.786. The summed E-state index contributed by atoms with van der Waals surface area (Å²) in [5, 5.41) is 3.31. The summed E-state index contributed by atoms with van der Waals surface area (Å²) in [5.74, 6) is 0.858. The fraction of sp³-hybridized carbons (Fsp3) is 0.700. The maximum absolute atomic E-state index is 12.2. The van der Waals surface area contributed by atoms with Gasteiger partial charge in [0.2, 0.25) is 0 Å². The number of hydrogen-bond acceptors (Lipinski definition) is 1. The summed E-state index contributed by atoms with van der Waals surface area (Å²) < 4.78 is 36.7. The van der Waals surface area contributed by atoms with E-state index in [9.17, 15) is 13.2 Å². The van der Waals surface area contributed by atoms with Gasteiger partial charge in [0.25, 0.3) is 0 Å². The van der Waals surface area contributed by atoms with Crippen LogP contribution in [0.4, 0.5) is 13.2 Å². The third-order valence-electron chi connectivity index (χ3n) is 2.18. The highest BCUT2D eigenvalue weighted by atomic mass is 32.3. The van der Waals surface area contributed by atoms with Crippen LogP contribution in [-0.2, 0) is 6.30 Å².